The zero-order valence-corrected chi connectivity index (χ0v) is 11.8. The van der Waals surface area contributed by atoms with E-state index < -0.39 is 0 Å². The third kappa shape index (κ3) is 3.61. The van der Waals surface area contributed by atoms with E-state index in [2.05, 4.69) is 0 Å². The number of methoxy groups -OCH3 is 2. The lowest BCUT2D eigenvalue weighted by Crippen LogP contribution is -2.39. The summed E-state index contributed by atoms with van der Waals surface area (Å²) in [7, 11) is 3.07. The van der Waals surface area contributed by atoms with Crippen LogP contribution in [0.25, 0.3) is 0 Å². The molecule has 0 bridgehead atoms. The van der Waals surface area contributed by atoms with Gasteiger partial charge in [-0.2, -0.15) is 0 Å². The standard InChI is InChI=1S/C14H21NO4/c1-10(2)15(7-8-16)14(17)11-5-6-12(18-3)13(9-11)19-4/h5-6,9-10,16H,7-8H2,1-4H3. The minimum absolute atomic E-state index is 0.0211. The number of hydrogen-bond donors (Lipinski definition) is 1. The molecule has 1 N–H and O–H groups in total. The summed E-state index contributed by atoms with van der Waals surface area (Å²) in [6, 6.07) is 5.06. The zero-order valence-electron chi connectivity index (χ0n) is 11.8. The molecule has 1 aromatic carbocycles. The van der Waals surface area contributed by atoms with E-state index in [0.29, 0.717) is 23.6 Å². The number of benzene rings is 1. The maximum Gasteiger partial charge on any atom is 0.254 e. The molecule has 0 saturated heterocycles. The molecule has 1 aromatic rings. The lowest BCUT2D eigenvalue weighted by molar-refractivity contribution is 0.0665. The van der Waals surface area contributed by atoms with Gasteiger partial charge >= 0.3 is 0 Å². The van der Waals surface area contributed by atoms with Crippen LogP contribution in [0.2, 0.25) is 0 Å². The Bertz CT molecular complexity index is 431. The van der Waals surface area contributed by atoms with Crippen LogP contribution in [-0.4, -0.2) is 49.3 Å². The van der Waals surface area contributed by atoms with Gasteiger partial charge in [-0.3, -0.25) is 4.79 Å². The van der Waals surface area contributed by atoms with Crippen molar-refractivity contribution in [1.29, 1.82) is 0 Å². The van der Waals surface area contributed by atoms with E-state index >= 15 is 0 Å². The number of carbonyl (C=O) groups excluding carboxylic acids is 1. The minimum Gasteiger partial charge on any atom is -0.493 e. The first-order valence-electron chi connectivity index (χ1n) is 6.19. The second-order valence-corrected chi connectivity index (χ2v) is 4.39. The molecule has 0 aliphatic heterocycles. The van der Waals surface area contributed by atoms with Gasteiger partial charge in [-0.1, -0.05) is 0 Å². The Balaban J connectivity index is 3.04. The van der Waals surface area contributed by atoms with Crippen molar-refractivity contribution in [2.75, 3.05) is 27.4 Å². The van der Waals surface area contributed by atoms with E-state index in [1.165, 1.54) is 7.11 Å². The third-order valence-corrected chi connectivity index (χ3v) is 2.86. The summed E-state index contributed by atoms with van der Waals surface area (Å²) in [4.78, 5) is 14.0. The number of aliphatic hydroxyl groups excluding tert-OH is 1. The fourth-order valence-corrected chi connectivity index (χ4v) is 1.84. The van der Waals surface area contributed by atoms with E-state index in [-0.39, 0.29) is 18.6 Å². The molecule has 0 aromatic heterocycles. The maximum atomic E-state index is 12.4. The van der Waals surface area contributed by atoms with Crippen molar-refractivity contribution < 1.29 is 19.4 Å². The average Bonchev–Trinajstić information content (AvgIpc) is 2.42. The molecule has 5 nitrogen and oxygen atoms in total. The molecule has 0 aliphatic rings. The summed E-state index contributed by atoms with van der Waals surface area (Å²) in [6.07, 6.45) is 0. The Labute approximate surface area is 113 Å². The smallest absolute Gasteiger partial charge is 0.254 e. The van der Waals surface area contributed by atoms with E-state index in [0.717, 1.165) is 0 Å². The first-order valence-corrected chi connectivity index (χ1v) is 6.19. The summed E-state index contributed by atoms with van der Waals surface area (Å²) < 4.78 is 10.3. The van der Waals surface area contributed by atoms with Gasteiger partial charge in [0.15, 0.2) is 11.5 Å². The Hall–Kier alpha value is -1.75. The number of amides is 1. The molecule has 0 fully saturated rings. The Morgan fingerprint density at radius 3 is 2.37 bits per heavy atom. The van der Waals surface area contributed by atoms with E-state index in [4.69, 9.17) is 14.6 Å². The lowest BCUT2D eigenvalue weighted by Gasteiger charge is -2.26. The first kappa shape index (κ1) is 15.3. The molecular weight excluding hydrogens is 246 g/mol. The predicted octanol–water partition coefficient (Wildman–Crippen LogP) is 1.55. The number of ether oxygens (including phenoxy) is 2. The summed E-state index contributed by atoms with van der Waals surface area (Å²) >= 11 is 0. The number of carbonyl (C=O) groups is 1. The quantitative estimate of drug-likeness (QED) is 0.849. The van der Waals surface area contributed by atoms with Gasteiger partial charge in [0.2, 0.25) is 0 Å². The highest BCUT2D eigenvalue weighted by Gasteiger charge is 2.19. The van der Waals surface area contributed by atoms with Gasteiger partial charge in [0.05, 0.1) is 20.8 Å². The molecule has 5 heteroatoms. The number of aliphatic hydroxyl groups is 1. The van der Waals surface area contributed by atoms with Crippen LogP contribution in [0.4, 0.5) is 0 Å². The van der Waals surface area contributed by atoms with Gasteiger partial charge in [0.25, 0.3) is 5.91 Å². The normalized spacial score (nSPS) is 10.4. The maximum absolute atomic E-state index is 12.4. The van der Waals surface area contributed by atoms with Crippen molar-refractivity contribution in [3.8, 4) is 11.5 Å². The molecule has 0 aliphatic carbocycles. The van der Waals surface area contributed by atoms with Crippen LogP contribution in [0.3, 0.4) is 0 Å². The van der Waals surface area contributed by atoms with Crippen LogP contribution in [0.5, 0.6) is 11.5 Å². The fraction of sp³-hybridized carbons (Fsp3) is 0.500. The molecule has 0 saturated carbocycles. The van der Waals surface area contributed by atoms with Crippen LogP contribution < -0.4 is 9.47 Å². The van der Waals surface area contributed by atoms with Crippen molar-refractivity contribution in [2.45, 2.75) is 19.9 Å². The van der Waals surface area contributed by atoms with Gasteiger partial charge in [-0.15, -0.1) is 0 Å². The van der Waals surface area contributed by atoms with E-state index in [1.54, 1.807) is 30.2 Å². The third-order valence-electron chi connectivity index (χ3n) is 2.86. The fourth-order valence-electron chi connectivity index (χ4n) is 1.84. The second kappa shape index (κ2) is 6.99. The highest BCUT2D eigenvalue weighted by atomic mass is 16.5. The molecule has 0 heterocycles. The Morgan fingerprint density at radius 1 is 1.26 bits per heavy atom. The average molecular weight is 267 g/mol. The summed E-state index contributed by atoms with van der Waals surface area (Å²) in [5.41, 5.74) is 0.514. The molecule has 0 radical (unpaired) electrons. The van der Waals surface area contributed by atoms with Gasteiger partial charge in [0.1, 0.15) is 0 Å². The SMILES string of the molecule is COc1ccc(C(=O)N(CCO)C(C)C)cc1OC. The van der Waals surface area contributed by atoms with E-state index in [1.807, 2.05) is 13.8 Å². The largest absolute Gasteiger partial charge is 0.493 e. The van der Waals surface area contributed by atoms with Crippen molar-refractivity contribution >= 4 is 5.91 Å². The van der Waals surface area contributed by atoms with E-state index in [9.17, 15) is 4.79 Å². The highest BCUT2D eigenvalue weighted by molar-refractivity contribution is 5.95. The second-order valence-electron chi connectivity index (χ2n) is 4.39. The van der Waals surface area contributed by atoms with Crippen LogP contribution in [-0.2, 0) is 0 Å². The predicted molar refractivity (Wildman–Crippen MR) is 72.8 cm³/mol. The molecule has 1 amide bonds. The molecule has 19 heavy (non-hydrogen) atoms. The monoisotopic (exact) mass is 267 g/mol. The zero-order chi connectivity index (χ0) is 14.4. The molecule has 0 spiro atoms. The van der Waals surface area contributed by atoms with Crippen molar-refractivity contribution in [2.24, 2.45) is 0 Å². The first-order chi connectivity index (χ1) is 9.04. The van der Waals surface area contributed by atoms with Crippen molar-refractivity contribution in [3.63, 3.8) is 0 Å². The highest BCUT2D eigenvalue weighted by Crippen LogP contribution is 2.28. The van der Waals surface area contributed by atoms with Gasteiger partial charge in [-0.25, -0.2) is 0 Å². The van der Waals surface area contributed by atoms with Crippen LogP contribution >= 0.6 is 0 Å². The summed E-state index contributed by atoms with van der Waals surface area (Å²) in [6.45, 7) is 4.07. The molecule has 1 rings (SSSR count). The van der Waals surface area contributed by atoms with Gasteiger partial charge < -0.3 is 19.5 Å². The number of nitrogens with zero attached hydrogens (tertiary/aromatic N) is 1. The van der Waals surface area contributed by atoms with Crippen LogP contribution in [0, 0.1) is 0 Å². The van der Waals surface area contributed by atoms with Crippen molar-refractivity contribution in [1.82, 2.24) is 4.90 Å². The number of rotatable bonds is 6. The summed E-state index contributed by atoms with van der Waals surface area (Å²) in [5, 5.41) is 9.03. The van der Waals surface area contributed by atoms with Crippen LogP contribution in [0.15, 0.2) is 18.2 Å². The summed E-state index contributed by atoms with van der Waals surface area (Å²) in [5.74, 6) is 0.961. The molecule has 0 unspecified atom stereocenters. The van der Waals surface area contributed by atoms with Gasteiger partial charge in [0, 0.05) is 18.2 Å². The molecule has 0 atom stereocenters. The Kier molecular flexibility index (Phi) is 5.63. The number of hydrogen-bond acceptors (Lipinski definition) is 4. The van der Waals surface area contributed by atoms with Gasteiger partial charge in [-0.05, 0) is 32.0 Å². The minimum atomic E-state index is -0.134. The molecular formula is C14H21NO4. The topological polar surface area (TPSA) is 59.0 Å². The van der Waals surface area contributed by atoms with Crippen molar-refractivity contribution in [3.05, 3.63) is 23.8 Å². The Morgan fingerprint density at radius 2 is 1.89 bits per heavy atom. The molecule has 106 valence electrons. The lowest BCUT2D eigenvalue weighted by atomic mass is 10.1. The van der Waals surface area contributed by atoms with Crippen LogP contribution in [0.1, 0.15) is 24.2 Å².